The number of rotatable bonds is 7. The predicted molar refractivity (Wildman–Crippen MR) is 157 cm³/mol. The van der Waals surface area contributed by atoms with Crippen LogP contribution in [0.25, 0.3) is 5.57 Å². The highest BCUT2D eigenvalue weighted by Gasteiger charge is 2.39. The molecule has 5 heteroatoms. The van der Waals surface area contributed by atoms with E-state index in [-0.39, 0.29) is 17.1 Å². The van der Waals surface area contributed by atoms with E-state index in [0.29, 0.717) is 24.9 Å². The molecule has 38 heavy (non-hydrogen) atoms. The Balaban J connectivity index is 1.94. The molecule has 0 radical (unpaired) electrons. The molecule has 0 fully saturated rings. The molecule has 0 bridgehead atoms. The molecular weight excluding hydrogens is 470 g/mol. The lowest BCUT2D eigenvalue weighted by Gasteiger charge is -2.39. The van der Waals surface area contributed by atoms with Crippen molar-refractivity contribution in [2.24, 2.45) is 0 Å². The summed E-state index contributed by atoms with van der Waals surface area (Å²) in [6.07, 6.45) is 7.80. The van der Waals surface area contributed by atoms with E-state index >= 15 is 0 Å². The number of ketones is 1. The summed E-state index contributed by atoms with van der Waals surface area (Å²) < 4.78 is 2.13. The normalized spacial score (nSPS) is 15.5. The van der Waals surface area contributed by atoms with E-state index in [9.17, 15) is 9.59 Å². The molecule has 0 saturated heterocycles. The van der Waals surface area contributed by atoms with Gasteiger partial charge in [-0.1, -0.05) is 38.1 Å². The average molecular weight is 511 g/mol. The molecule has 0 unspecified atom stereocenters. The number of benzene rings is 2. The second-order valence-electron chi connectivity index (χ2n) is 11.3. The maximum atomic E-state index is 13.7. The fourth-order valence-corrected chi connectivity index (χ4v) is 5.43. The summed E-state index contributed by atoms with van der Waals surface area (Å²) in [5, 5.41) is 0. The van der Waals surface area contributed by atoms with Gasteiger partial charge in [-0.3, -0.25) is 4.79 Å². The molecule has 4 rings (SSSR count). The summed E-state index contributed by atoms with van der Waals surface area (Å²) in [6.45, 7) is 6.72. The minimum atomic E-state index is -0.228. The Morgan fingerprint density at radius 3 is 2.32 bits per heavy atom. The van der Waals surface area contributed by atoms with Gasteiger partial charge in [0.25, 0.3) is 5.91 Å². The number of carbonyl (C=O) groups excluding carboxylic acids is 2. The van der Waals surface area contributed by atoms with Gasteiger partial charge in [0.05, 0.1) is 0 Å². The molecule has 2 aromatic carbocycles. The summed E-state index contributed by atoms with van der Waals surface area (Å²) in [5.41, 5.74) is 9.59. The van der Waals surface area contributed by atoms with Crippen LogP contribution >= 0.6 is 0 Å². The van der Waals surface area contributed by atoms with Crippen LogP contribution in [0.4, 0.5) is 5.69 Å². The molecule has 0 spiro atoms. The lowest BCUT2D eigenvalue weighted by molar-refractivity contribution is -0.462. The SMILES string of the molecule is CC(=O)CCCN(C)C(=O)c1ccccc1C1=C2C=CC(=[N+](C)C)C=C2C(C)(C)c2cc(N(C)C)ccc21. The van der Waals surface area contributed by atoms with Crippen LogP contribution in [0.1, 0.15) is 60.7 Å². The summed E-state index contributed by atoms with van der Waals surface area (Å²) in [5.74, 6) is 0.119. The van der Waals surface area contributed by atoms with Crippen LogP contribution in [0.5, 0.6) is 0 Å². The summed E-state index contributed by atoms with van der Waals surface area (Å²) >= 11 is 0. The quantitative estimate of drug-likeness (QED) is 0.462. The first kappa shape index (κ1) is 27.3. The van der Waals surface area contributed by atoms with Crippen LogP contribution in [0.15, 0.2) is 71.8 Å². The Morgan fingerprint density at radius 1 is 0.947 bits per heavy atom. The molecular formula is C33H40N3O2+. The number of allylic oxidation sites excluding steroid dienone is 5. The van der Waals surface area contributed by atoms with Gasteiger partial charge in [0.15, 0.2) is 5.71 Å². The number of hydrogen-bond acceptors (Lipinski definition) is 3. The maximum absolute atomic E-state index is 13.7. The highest BCUT2D eigenvalue weighted by atomic mass is 16.2. The van der Waals surface area contributed by atoms with Crippen LogP contribution in [0.2, 0.25) is 0 Å². The molecule has 0 saturated carbocycles. The Hall–Kier alpha value is -3.73. The molecule has 2 aliphatic rings. The number of amides is 1. The van der Waals surface area contributed by atoms with Crippen molar-refractivity contribution >= 4 is 28.7 Å². The number of Topliss-reactive ketones (excluding diaryl/α,β-unsaturated/α-hetero) is 1. The molecule has 5 nitrogen and oxygen atoms in total. The van der Waals surface area contributed by atoms with E-state index in [0.717, 1.165) is 33.7 Å². The van der Waals surface area contributed by atoms with Gasteiger partial charge in [-0.25, -0.2) is 4.58 Å². The monoisotopic (exact) mass is 510 g/mol. The van der Waals surface area contributed by atoms with Gasteiger partial charge in [-0.15, -0.1) is 0 Å². The molecule has 2 aromatic rings. The average Bonchev–Trinajstić information content (AvgIpc) is 2.88. The zero-order valence-electron chi connectivity index (χ0n) is 24.1. The van der Waals surface area contributed by atoms with Crippen molar-refractivity contribution in [2.45, 2.75) is 39.0 Å². The van der Waals surface area contributed by atoms with E-state index in [1.807, 2.05) is 25.2 Å². The molecule has 0 N–H and O–H groups in total. The summed E-state index contributed by atoms with van der Waals surface area (Å²) in [4.78, 5) is 29.0. The smallest absolute Gasteiger partial charge is 0.254 e. The zero-order chi connectivity index (χ0) is 27.8. The van der Waals surface area contributed by atoms with Crippen molar-refractivity contribution in [3.05, 3.63) is 94.1 Å². The van der Waals surface area contributed by atoms with Gasteiger partial charge in [-0.05, 0) is 71.0 Å². The molecule has 198 valence electrons. The summed E-state index contributed by atoms with van der Waals surface area (Å²) in [7, 11) is 10.1. The van der Waals surface area contributed by atoms with Gasteiger partial charge in [0, 0.05) is 62.9 Å². The van der Waals surface area contributed by atoms with E-state index in [2.05, 4.69) is 94.0 Å². The van der Waals surface area contributed by atoms with Gasteiger partial charge < -0.3 is 14.6 Å². The van der Waals surface area contributed by atoms with Crippen molar-refractivity contribution in [1.82, 2.24) is 4.90 Å². The Morgan fingerprint density at radius 2 is 1.66 bits per heavy atom. The Labute approximate surface area is 227 Å². The third-order valence-electron chi connectivity index (χ3n) is 7.72. The fourth-order valence-electron chi connectivity index (χ4n) is 5.43. The van der Waals surface area contributed by atoms with Crippen LogP contribution in [0.3, 0.4) is 0 Å². The maximum Gasteiger partial charge on any atom is 0.254 e. The van der Waals surface area contributed by atoms with E-state index in [1.165, 1.54) is 11.1 Å². The molecule has 1 amide bonds. The Kier molecular flexibility index (Phi) is 7.59. The van der Waals surface area contributed by atoms with Crippen molar-refractivity contribution in [3.8, 4) is 0 Å². The number of fused-ring (bicyclic) bond motifs is 2. The van der Waals surface area contributed by atoms with Crippen molar-refractivity contribution in [1.29, 1.82) is 0 Å². The van der Waals surface area contributed by atoms with E-state index in [4.69, 9.17) is 0 Å². The third-order valence-corrected chi connectivity index (χ3v) is 7.72. The topological polar surface area (TPSA) is 43.6 Å². The molecule has 0 heterocycles. The Bertz CT molecular complexity index is 1420. The van der Waals surface area contributed by atoms with Gasteiger partial charge in [0.1, 0.15) is 19.9 Å². The zero-order valence-corrected chi connectivity index (χ0v) is 24.1. The second-order valence-corrected chi connectivity index (χ2v) is 11.3. The molecule has 0 aliphatic heterocycles. The minimum absolute atomic E-state index is 0.0283. The van der Waals surface area contributed by atoms with Crippen molar-refractivity contribution in [2.75, 3.05) is 46.7 Å². The highest BCUT2D eigenvalue weighted by molar-refractivity contribution is 6.08. The van der Waals surface area contributed by atoms with E-state index in [1.54, 1.807) is 11.8 Å². The summed E-state index contributed by atoms with van der Waals surface area (Å²) in [6, 6.07) is 14.6. The van der Waals surface area contributed by atoms with E-state index < -0.39 is 0 Å². The lowest BCUT2D eigenvalue weighted by atomic mass is 9.64. The molecule has 0 aromatic heterocycles. The largest absolute Gasteiger partial charge is 0.378 e. The molecule has 0 atom stereocenters. The standard InChI is InChI=1S/C33H40N3O2/c1-22(37)12-11-19-36(8)32(38)26-14-10-9-13-25(26)31-27-17-15-23(34(4)5)20-29(27)33(2,3)30-21-24(35(6)7)16-18-28(30)31/h9-10,13-18,20-21H,11-12,19H2,1-8H3/q+1. The number of carbonyl (C=O) groups is 2. The first-order chi connectivity index (χ1) is 17.9. The van der Waals surface area contributed by atoms with Crippen LogP contribution < -0.4 is 4.90 Å². The highest BCUT2D eigenvalue weighted by Crippen LogP contribution is 2.51. The first-order valence-corrected chi connectivity index (χ1v) is 13.3. The van der Waals surface area contributed by atoms with Crippen LogP contribution in [0, 0.1) is 0 Å². The van der Waals surface area contributed by atoms with Crippen molar-refractivity contribution in [3.63, 3.8) is 0 Å². The predicted octanol–water partition coefficient (Wildman–Crippen LogP) is 5.50. The second kappa shape index (κ2) is 10.6. The fraction of sp³-hybridized carbons (Fsp3) is 0.364. The number of hydrogen-bond donors (Lipinski definition) is 0. The van der Waals surface area contributed by atoms with Crippen molar-refractivity contribution < 1.29 is 14.2 Å². The minimum Gasteiger partial charge on any atom is -0.378 e. The van der Waals surface area contributed by atoms with Gasteiger partial charge in [-0.2, -0.15) is 0 Å². The van der Waals surface area contributed by atoms with Crippen LogP contribution in [-0.4, -0.2) is 68.7 Å². The molecule has 2 aliphatic carbocycles. The van der Waals surface area contributed by atoms with Crippen LogP contribution in [-0.2, 0) is 10.2 Å². The van der Waals surface area contributed by atoms with Gasteiger partial charge in [0.2, 0.25) is 0 Å². The third kappa shape index (κ3) is 5.02. The van der Waals surface area contributed by atoms with Gasteiger partial charge >= 0.3 is 0 Å². The lowest BCUT2D eigenvalue weighted by Crippen LogP contribution is -2.32. The first-order valence-electron chi connectivity index (χ1n) is 13.3. The number of anilines is 1. The number of nitrogens with zero attached hydrogens (tertiary/aromatic N) is 3.